The molecule has 15 heteroatoms. The number of pyridine rings is 8. The van der Waals surface area contributed by atoms with E-state index in [9.17, 15) is 0 Å². The van der Waals surface area contributed by atoms with E-state index in [4.69, 9.17) is 15.0 Å². The SMILES string of the molecule is C(=Nc1ccc2ccccc2c1-c1c(N=Cc2ccccn2)ccc2ccccc12)c1ccccn1.C(=Nc1ccc2ccccc2c1-c1cccc2ccccc12)c1ccccn1.C(=Nc1ccccc1-c1ccccn1)c1ccccn1.CN(C)c1cccnc1-c1ccccc1N=Cc1ccccn1.Cc1cc(C)c(N=Cc2ccccn2)c(C)c1. The summed E-state index contributed by atoms with van der Waals surface area (Å²) in [5.74, 6) is 0. The summed E-state index contributed by atoms with van der Waals surface area (Å²) in [4.78, 5) is 65.2. The molecule has 0 bridgehead atoms. The van der Waals surface area contributed by atoms with Gasteiger partial charge in [-0.25, -0.2) is 0 Å². The zero-order valence-electron chi connectivity index (χ0n) is 69.3. The molecule has 15 nitrogen and oxygen atoms in total. The Hall–Kier alpha value is -16.5. The minimum absolute atomic E-state index is 0.808. The largest absolute Gasteiger partial charge is 0.376 e. The number of anilines is 1. The molecule has 19 aromatic rings. The Balaban J connectivity index is 0.000000123. The van der Waals surface area contributed by atoms with Crippen LogP contribution in [0.3, 0.4) is 0 Å². The highest BCUT2D eigenvalue weighted by Crippen LogP contribution is 2.46. The predicted octanol–water partition coefficient (Wildman–Crippen LogP) is 26.4. The Morgan fingerprint density at radius 2 is 0.548 bits per heavy atom. The van der Waals surface area contributed by atoms with Crippen LogP contribution in [-0.4, -0.2) is 91.3 Å². The van der Waals surface area contributed by atoms with Gasteiger partial charge in [-0.05, 0) is 208 Å². The van der Waals surface area contributed by atoms with Crippen LogP contribution in [0.15, 0.2) is 431 Å². The summed E-state index contributed by atoms with van der Waals surface area (Å²) in [6, 6.07) is 118. The Morgan fingerprint density at radius 1 is 0.234 bits per heavy atom. The lowest BCUT2D eigenvalue weighted by atomic mass is 9.91. The summed E-state index contributed by atoms with van der Waals surface area (Å²) >= 11 is 0. The molecular formula is C109H87N15. The van der Waals surface area contributed by atoms with E-state index < -0.39 is 0 Å². The van der Waals surface area contributed by atoms with Crippen molar-refractivity contribution < 1.29 is 0 Å². The van der Waals surface area contributed by atoms with Gasteiger partial charge in [-0.3, -0.25) is 69.8 Å². The fraction of sp³-hybridized carbons (Fsp3) is 0.0459. The van der Waals surface area contributed by atoms with Crippen LogP contribution in [0.1, 0.15) is 50.9 Å². The molecule has 0 spiro atoms. The summed E-state index contributed by atoms with van der Waals surface area (Å²) in [6.07, 6.45) is 25.0. The maximum Gasteiger partial charge on any atom is 0.0956 e. The van der Waals surface area contributed by atoms with Crippen molar-refractivity contribution in [3.05, 3.63) is 452 Å². The molecule has 0 atom stereocenters. The summed E-state index contributed by atoms with van der Waals surface area (Å²) in [6.45, 7) is 6.28. The highest BCUT2D eigenvalue weighted by molar-refractivity contribution is 6.14. The lowest BCUT2D eigenvalue weighted by Gasteiger charge is -2.17. The molecule has 0 unspecified atom stereocenters. The number of hydrogen-bond acceptors (Lipinski definition) is 15. The highest BCUT2D eigenvalue weighted by Gasteiger charge is 2.19. The third-order valence-corrected chi connectivity index (χ3v) is 20.1. The first kappa shape index (κ1) is 82.6. The first-order valence-corrected chi connectivity index (χ1v) is 40.7. The van der Waals surface area contributed by atoms with E-state index in [1.54, 1.807) is 55.8 Å². The van der Waals surface area contributed by atoms with Gasteiger partial charge in [0.2, 0.25) is 0 Å². The third kappa shape index (κ3) is 21.5. The van der Waals surface area contributed by atoms with Crippen molar-refractivity contribution in [2.24, 2.45) is 30.0 Å². The smallest absolute Gasteiger partial charge is 0.0956 e. The average molecular weight is 1610 g/mol. The zero-order chi connectivity index (χ0) is 84.9. The van der Waals surface area contributed by atoms with Gasteiger partial charge in [0.1, 0.15) is 0 Å². The molecule has 0 aliphatic heterocycles. The van der Waals surface area contributed by atoms with E-state index >= 15 is 0 Å². The minimum atomic E-state index is 0.808. The first-order chi connectivity index (χ1) is 61.1. The molecule has 19 rings (SSSR count). The second kappa shape index (κ2) is 41.7. The number of para-hydroxylation sites is 2. The molecule has 0 aliphatic rings. The normalized spacial score (nSPS) is 11.2. The van der Waals surface area contributed by atoms with Crippen LogP contribution >= 0.6 is 0 Å². The van der Waals surface area contributed by atoms with Crippen LogP contribution in [0.2, 0.25) is 0 Å². The fourth-order valence-corrected chi connectivity index (χ4v) is 14.3. The maximum absolute atomic E-state index is 4.92. The van der Waals surface area contributed by atoms with Gasteiger partial charge in [-0.1, -0.05) is 230 Å². The predicted molar refractivity (Wildman–Crippen MR) is 517 cm³/mol. The highest BCUT2D eigenvalue weighted by atomic mass is 15.1. The zero-order valence-corrected chi connectivity index (χ0v) is 69.3. The number of nitrogens with zero attached hydrogens (tertiary/aromatic N) is 15. The van der Waals surface area contributed by atoms with Gasteiger partial charge in [0.15, 0.2) is 0 Å². The van der Waals surface area contributed by atoms with Crippen LogP contribution in [0.25, 0.3) is 87.9 Å². The lowest BCUT2D eigenvalue weighted by molar-refractivity contribution is 1.11. The second-order valence-electron chi connectivity index (χ2n) is 28.9. The van der Waals surface area contributed by atoms with Crippen LogP contribution in [0.5, 0.6) is 0 Å². The van der Waals surface area contributed by atoms with E-state index in [1.165, 1.54) is 43.8 Å². The van der Waals surface area contributed by atoms with Gasteiger partial charge in [0.25, 0.3) is 0 Å². The molecule has 598 valence electrons. The second-order valence-corrected chi connectivity index (χ2v) is 28.9. The molecule has 0 fully saturated rings. The average Bonchev–Trinajstić information content (AvgIpc) is 0.752. The third-order valence-electron chi connectivity index (χ3n) is 20.1. The maximum atomic E-state index is 4.92. The number of benzene rings is 11. The standard InChI is InChI=1S/C32H22N4.C26H18N2.C19H18N4.C17H13N3.C15H16N2/c1-3-13-27-23(9-1)15-17-29(35-21-25-11-5-7-19-33-25)31(27)32-28-14-4-2-10-24(28)16-18-30(32)36-22-26-12-6-8-20-34-26;1-3-12-22-19(8-1)10-7-14-24(22)26-23-13-4-2-9-20(23)15-16-25(26)28-18-21-11-5-6-17-27-21;1-23(2)18-11-7-13-21-19(18)16-9-3-4-10-17(16)22-14-15-8-5-6-12-20-15;1-2-9-17(20-13-14-7-3-5-11-18-14)15(8-1)16-10-4-6-12-19-16;1-11-8-12(2)15(13(3)9-11)17-10-14-6-4-5-7-16-14/h1-22H;1-18H;3-14H,1-2H3;1-13H;4-10H,1-3H3. The van der Waals surface area contributed by atoms with Gasteiger partial charge < -0.3 is 4.90 Å². The van der Waals surface area contributed by atoms with Crippen LogP contribution in [0, 0.1) is 20.8 Å². The Kier molecular flexibility index (Phi) is 27.8. The van der Waals surface area contributed by atoms with Crippen molar-refractivity contribution >= 4 is 120 Å². The van der Waals surface area contributed by atoms with Crippen molar-refractivity contribution in [3.8, 4) is 44.8 Å². The molecule has 0 saturated heterocycles. The Morgan fingerprint density at radius 3 is 0.960 bits per heavy atom. The van der Waals surface area contributed by atoms with E-state index in [0.29, 0.717) is 0 Å². The number of aromatic nitrogens is 8. The van der Waals surface area contributed by atoms with Crippen molar-refractivity contribution in [1.82, 2.24) is 39.9 Å². The summed E-state index contributed by atoms with van der Waals surface area (Å²) in [7, 11) is 4.03. The van der Waals surface area contributed by atoms with Crippen molar-refractivity contribution in [2.75, 3.05) is 19.0 Å². The van der Waals surface area contributed by atoms with Gasteiger partial charge in [0.05, 0.1) is 123 Å². The van der Waals surface area contributed by atoms with E-state index in [1.807, 2.05) is 227 Å². The van der Waals surface area contributed by atoms with Crippen LogP contribution < -0.4 is 4.90 Å². The van der Waals surface area contributed by atoms with E-state index in [0.717, 1.165) is 135 Å². The summed E-state index contributed by atoms with van der Waals surface area (Å²) in [5, 5.41) is 9.42. The van der Waals surface area contributed by atoms with Crippen molar-refractivity contribution in [3.63, 3.8) is 0 Å². The minimum Gasteiger partial charge on any atom is -0.376 e. The topological polar surface area (TPSA) is 181 Å². The summed E-state index contributed by atoms with van der Waals surface area (Å²) in [5.41, 5.74) is 23.5. The van der Waals surface area contributed by atoms with E-state index in [2.05, 4.69) is 250 Å². The van der Waals surface area contributed by atoms with Crippen LogP contribution in [-0.2, 0) is 0 Å². The number of aliphatic imine (C=N–C) groups is 6. The number of rotatable bonds is 17. The van der Waals surface area contributed by atoms with Gasteiger partial charge in [0, 0.05) is 91.5 Å². The Bertz CT molecular complexity index is 6810. The van der Waals surface area contributed by atoms with Gasteiger partial charge in [-0.15, -0.1) is 0 Å². The molecule has 0 radical (unpaired) electrons. The number of aryl methyl sites for hydroxylation is 3. The molecule has 0 N–H and O–H groups in total. The molecule has 0 aliphatic carbocycles. The fourth-order valence-electron chi connectivity index (χ4n) is 14.3. The quantitative estimate of drug-likeness (QED) is 0.0802. The number of fused-ring (bicyclic) bond motifs is 4. The molecular weight excluding hydrogens is 1520 g/mol. The van der Waals surface area contributed by atoms with Crippen molar-refractivity contribution in [2.45, 2.75) is 20.8 Å². The monoisotopic (exact) mass is 1610 g/mol. The van der Waals surface area contributed by atoms with Gasteiger partial charge >= 0.3 is 0 Å². The molecule has 8 aromatic heterocycles. The molecule has 0 saturated carbocycles. The van der Waals surface area contributed by atoms with E-state index in [-0.39, 0.29) is 0 Å². The van der Waals surface area contributed by atoms with Gasteiger partial charge in [-0.2, -0.15) is 0 Å². The molecule has 11 aromatic carbocycles. The number of hydrogen-bond donors (Lipinski definition) is 0. The van der Waals surface area contributed by atoms with Crippen LogP contribution in [0.4, 0.5) is 39.8 Å². The first-order valence-electron chi connectivity index (χ1n) is 40.7. The molecule has 8 heterocycles. The Labute approximate surface area is 722 Å². The summed E-state index contributed by atoms with van der Waals surface area (Å²) < 4.78 is 0. The lowest BCUT2D eigenvalue weighted by Crippen LogP contribution is -2.10. The molecule has 0 amide bonds. The van der Waals surface area contributed by atoms with Crippen molar-refractivity contribution in [1.29, 1.82) is 0 Å². The molecule has 124 heavy (non-hydrogen) atoms.